The highest BCUT2D eigenvalue weighted by molar-refractivity contribution is 8.44. The number of rotatable bonds is 11. The van der Waals surface area contributed by atoms with Gasteiger partial charge in [-0.2, -0.15) is 9.97 Å². The molecule has 4 aromatic heterocycles. The molecule has 6 N–H and O–H groups in total. The summed E-state index contributed by atoms with van der Waals surface area (Å²) in [7, 11) is 1.07. The maximum absolute atomic E-state index is 16.1. The van der Waals surface area contributed by atoms with Crippen molar-refractivity contribution in [2.45, 2.75) is 49.5 Å². The Hall–Kier alpha value is -2.92. The summed E-state index contributed by atoms with van der Waals surface area (Å²) in [5, 5.41) is 0. The molecular formula is C21H26F2N10O10P2S2. The summed E-state index contributed by atoms with van der Waals surface area (Å²) in [6, 6.07) is 0. The molecule has 0 saturated carbocycles. The summed E-state index contributed by atoms with van der Waals surface area (Å²) < 4.78 is 91.1. The highest BCUT2D eigenvalue weighted by atomic mass is 32.7. The number of alkyl halides is 2. The molecule has 2 saturated heterocycles. The lowest BCUT2D eigenvalue weighted by molar-refractivity contribution is -0.0435. The van der Waals surface area contributed by atoms with Crippen molar-refractivity contribution in [2.24, 2.45) is 0 Å². The molecule has 6 heterocycles. The van der Waals surface area contributed by atoms with Gasteiger partial charge in [0.2, 0.25) is 11.9 Å². The van der Waals surface area contributed by atoms with Gasteiger partial charge in [-0.15, -0.1) is 0 Å². The van der Waals surface area contributed by atoms with Gasteiger partial charge in [-0.1, -0.05) is 24.5 Å². The second kappa shape index (κ2) is 12.8. The minimum absolute atomic E-state index is 0.0194. The van der Waals surface area contributed by atoms with Crippen molar-refractivity contribution in [1.29, 1.82) is 0 Å². The van der Waals surface area contributed by atoms with Gasteiger partial charge >= 0.3 is 13.6 Å². The molecule has 4 aromatic rings. The van der Waals surface area contributed by atoms with E-state index in [-0.39, 0.29) is 40.6 Å². The Morgan fingerprint density at radius 3 is 2.06 bits per heavy atom. The number of aromatic amines is 2. The molecule has 47 heavy (non-hydrogen) atoms. The van der Waals surface area contributed by atoms with Gasteiger partial charge in [0.1, 0.15) is 18.4 Å². The lowest BCUT2D eigenvalue weighted by Gasteiger charge is -2.24. The molecule has 0 amide bonds. The second-order valence-electron chi connectivity index (χ2n) is 10.2. The van der Waals surface area contributed by atoms with Gasteiger partial charge in [-0.3, -0.25) is 42.3 Å². The van der Waals surface area contributed by atoms with Gasteiger partial charge in [0.15, 0.2) is 41.0 Å². The van der Waals surface area contributed by atoms with Crippen LogP contribution in [0.2, 0.25) is 0 Å². The fourth-order valence-electron chi connectivity index (χ4n) is 5.07. The number of anilines is 2. The minimum atomic E-state index is -4.47. The number of H-pyrrole nitrogens is 2. The van der Waals surface area contributed by atoms with Gasteiger partial charge in [-0.05, 0) is 0 Å². The van der Waals surface area contributed by atoms with Crippen LogP contribution in [0.15, 0.2) is 22.2 Å². The van der Waals surface area contributed by atoms with Crippen LogP contribution in [0.5, 0.6) is 0 Å². The zero-order valence-corrected chi connectivity index (χ0v) is 27.4. The van der Waals surface area contributed by atoms with Crippen molar-refractivity contribution in [3.05, 3.63) is 33.4 Å². The molecule has 6 rings (SSSR count). The second-order valence-corrected chi connectivity index (χ2v) is 16.1. The number of hydrogen-bond donors (Lipinski definition) is 6. The van der Waals surface area contributed by atoms with Crippen molar-refractivity contribution >= 4 is 72.3 Å². The van der Waals surface area contributed by atoms with E-state index in [1.165, 1.54) is 4.57 Å². The average Bonchev–Trinajstić information content (AvgIpc) is 3.76. The van der Waals surface area contributed by atoms with Crippen molar-refractivity contribution in [2.75, 3.05) is 31.8 Å². The molecular weight excluding hydrogens is 716 g/mol. The van der Waals surface area contributed by atoms with Gasteiger partial charge in [0.05, 0.1) is 32.0 Å². The molecule has 2 aliphatic heterocycles. The van der Waals surface area contributed by atoms with Crippen LogP contribution in [0.1, 0.15) is 18.9 Å². The standard InChI is InChI=1S/C21H26F2N10O10P2S2/c1-38-44(36,46)40-4-9-13(10(23)19(42-9)33-6-27-12-15(33)29-21(25)31-17(12)35)43-45(37,47)39-3-7-2-8(22)18(41-7)32-5-26-11-14(32)28-20(24)30-16(11)34/h5-10,13,18-19H,2-4H2,1H3,(H,36,46)(H,37,47)(H3,24,28,30,34)(H3,25,29,31,35)/t7-,8+,9+,10+,13+,18+,19+,44-,45?/m0/s1. The Kier molecular flexibility index (Phi) is 9.28. The van der Waals surface area contributed by atoms with Crippen molar-refractivity contribution in [3.63, 3.8) is 0 Å². The molecule has 26 heteroatoms. The number of nitrogens with two attached hydrogens (primary N) is 2. The average molecular weight is 743 g/mol. The summed E-state index contributed by atoms with van der Waals surface area (Å²) in [5.41, 5.74) is 9.50. The Labute approximate surface area is 271 Å². The monoisotopic (exact) mass is 742 g/mol. The van der Waals surface area contributed by atoms with Crippen molar-refractivity contribution in [3.8, 4) is 0 Å². The van der Waals surface area contributed by atoms with Crippen molar-refractivity contribution in [1.82, 2.24) is 39.0 Å². The molecule has 2 fully saturated rings. The molecule has 20 nitrogen and oxygen atoms in total. The van der Waals surface area contributed by atoms with E-state index in [1.807, 2.05) is 0 Å². The zero-order chi connectivity index (χ0) is 33.8. The molecule has 256 valence electrons. The van der Waals surface area contributed by atoms with Gasteiger partial charge in [0, 0.05) is 13.5 Å². The molecule has 0 spiro atoms. The van der Waals surface area contributed by atoms with Gasteiger partial charge in [-0.25, -0.2) is 27.9 Å². The Morgan fingerprint density at radius 1 is 0.936 bits per heavy atom. The normalized spacial score (nSPS) is 29.0. The Balaban J connectivity index is 1.17. The third kappa shape index (κ3) is 6.84. The quantitative estimate of drug-likeness (QED) is 0.0937. The maximum atomic E-state index is 16.1. The van der Waals surface area contributed by atoms with Crippen LogP contribution < -0.4 is 22.6 Å². The molecule has 0 aromatic carbocycles. The Bertz CT molecular complexity index is 2030. The van der Waals surface area contributed by atoms with Crippen LogP contribution >= 0.6 is 38.1 Å². The molecule has 2 aliphatic rings. The number of halogens is 2. The largest absolute Gasteiger partial charge is 0.386 e. The number of ether oxygens (including phenoxy) is 2. The number of imidazole rings is 2. The first-order valence-electron chi connectivity index (χ1n) is 13.4. The van der Waals surface area contributed by atoms with E-state index in [2.05, 4.69) is 58.9 Å². The fraction of sp³-hybridized carbons (Fsp3) is 0.524. The van der Waals surface area contributed by atoms with E-state index in [0.29, 0.717) is 0 Å². The van der Waals surface area contributed by atoms with Gasteiger partial charge in [0.25, 0.3) is 11.1 Å². The van der Waals surface area contributed by atoms with Crippen LogP contribution in [0.4, 0.5) is 20.7 Å². The van der Waals surface area contributed by atoms with E-state index >= 15 is 8.78 Å². The van der Waals surface area contributed by atoms with E-state index in [4.69, 9.17) is 34.5 Å². The summed E-state index contributed by atoms with van der Waals surface area (Å²) in [6.07, 6.45) is -8.86. The lowest BCUT2D eigenvalue weighted by atomic mass is 10.1. The first-order chi connectivity index (χ1) is 22.2. The summed E-state index contributed by atoms with van der Waals surface area (Å²) >= 11 is 7.73. The van der Waals surface area contributed by atoms with E-state index in [0.717, 1.165) is 24.3 Å². The SMILES string of the molecule is CO[P@](=O)(S)OC[C@H]1O[C@@H](n2cnc3c(=O)[nH]c(N)nc32)[C@H](F)[C@@H]1OP(=O)(S)OC[C@@H]1C[C@@H](F)[C@H](n2cnc3c(=O)[nH]c(N)nc32)O1. The highest BCUT2D eigenvalue weighted by Gasteiger charge is 2.51. The van der Waals surface area contributed by atoms with E-state index < -0.39 is 81.0 Å². The molecule has 1 unspecified atom stereocenters. The van der Waals surface area contributed by atoms with Gasteiger partial charge < -0.3 is 25.5 Å². The van der Waals surface area contributed by atoms with Crippen LogP contribution in [-0.4, -0.2) is 90.0 Å². The zero-order valence-electron chi connectivity index (χ0n) is 23.8. The number of fused-ring (bicyclic) bond motifs is 2. The van der Waals surface area contributed by atoms with Crippen LogP contribution in [-0.2, 0) is 36.7 Å². The number of thiol groups is 2. The number of nitrogens with one attached hydrogen (secondary N) is 2. The third-order valence-electron chi connectivity index (χ3n) is 7.16. The van der Waals surface area contributed by atoms with Crippen LogP contribution in [0.3, 0.4) is 0 Å². The lowest BCUT2D eigenvalue weighted by Crippen LogP contribution is -2.33. The third-order valence-corrected chi connectivity index (χ3v) is 10.5. The number of hydrogen-bond acceptors (Lipinski definition) is 16. The first-order valence-corrected chi connectivity index (χ1v) is 18.8. The number of nitrogen functional groups attached to an aromatic ring is 2. The van der Waals surface area contributed by atoms with E-state index in [1.54, 1.807) is 0 Å². The maximum Gasteiger partial charge on any atom is 0.386 e. The predicted octanol–water partition coefficient (Wildman–Crippen LogP) is 1.42. The molecule has 0 aliphatic carbocycles. The topological polar surface area (TPSA) is 269 Å². The highest BCUT2D eigenvalue weighted by Crippen LogP contribution is 2.58. The predicted molar refractivity (Wildman–Crippen MR) is 164 cm³/mol. The molecule has 0 bridgehead atoms. The Morgan fingerprint density at radius 2 is 1.49 bits per heavy atom. The molecule has 0 radical (unpaired) electrons. The van der Waals surface area contributed by atoms with Crippen molar-refractivity contribution < 1.29 is 45.5 Å². The summed E-state index contributed by atoms with van der Waals surface area (Å²) in [4.78, 5) is 44.7. The van der Waals surface area contributed by atoms with E-state index in [9.17, 15) is 18.7 Å². The summed E-state index contributed by atoms with van der Waals surface area (Å²) in [6.45, 7) is -9.53. The molecule has 9 atom stereocenters. The fourth-order valence-corrected chi connectivity index (χ4v) is 7.21. The van der Waals surface area contributed by atoms with Crippen LogP contribution in [0.25, 0.3) is 22.3 Å². The minimum Gasteiger partial charge on any atom is -0.369 e. The van der Waals surface area contributed by atoms with Crippen LogP contribution in [0, 0.1) is 0 Å². The first kappa shape index (κ1) is 34.0. The number of nitrogens with zero attached hydrogens (tertiary/aromatic N) is 6. The summed E-state index contributed by atoms with van der Waals surface area (Å²) in [5.74, 6) is -0.495. The number of aromatic nitrogens is 8. The smallest absolute Gasteiger partial charge is 0.369 e.